The van der Waals surface area contributed by atoms with E-state index in [1.807, 2.05) is 0 Å². The molecule has 3 N–H and O–H groups in total. The van der Waals surface area contributed by atoms with Gasteiger partial charge in [-0.2, -0.15) is 31.4 Å². The third-order valence-electron chi connectivity index (χ3n) is 2.11. The van der Waals surface area contributed by atoms with Gasteiger partial charge in [-0.1, -0.05) is 6.92 Å². The molecule has 22 heavy (non-hydrogen) atoms. The first-order valence-corrected chi connectivity index (χ1v) is 5.86. The SMILES string of the molecule is CCCN=C(NC(=O)C(F)(F)F)Nc1cc(C(F)(F)F)[nH]n1. The highest BCUT2D eigenvalue weighted by Crippen LogP contribution is 2.28. The number of hydrogen-bond donors (Lipinski definition) is 3. The summed E-state index contributed by atoms with van der Waals surface area (Å²) in [7, 11) is 0. The van der Waals surface area contributed by atoms with E-state index in [2.05, 4.69) is 15.4 Å². The zero-order valence-electron chi connectivity index (χ0n) is 11.1. The van der Waals surface area contributed by atoms with Crippen molar-refractivity contribution in [1.82, 2.24) is 15.5 Å². The van der Waals surface area contributed by atoms with E-state index in [1.54, 1.807) is 12.0 Å². The maximum atomic E-state index is 12.4. The van der Waals surface area contributed by atoms with Crippen molar-refractivity contribution in [2.45, 2.75) is 25.7 Å². The second kappa shape index (κ2) is 6.66. The summed E-state index contributed by atoms with van der Waals surface area (Å²) < 4.78 is 73.6. The largest absolute Gasteiger partial charge is 0.471 e. The van der Waals surface area contributed by atoms with Crippen LogP contribution in [0.3, 0.4) is 0 Å². The van der Waals surface area contributed by atoms with Gasteiger partial charge in [0.05, 0.1) is 0 Å². The van der Waals surface area contributed by atoms with Crippen LogP contribution in [0.5, 0.6) is 0 Å². The number of hydrogen-bond acceptors (Lipinski definition) is 3. The van der Waals surface area contributed by atoms with E-state index in [-0.39, 0.29) is 6.54 Å². The molecule has 0 spiro atoms. The number of anilines is 1. The number of halogens is 6. The Bertz CT molecular complexity index is 547. The number of amides is 1. The van der Waals surface area contributed by atoms with Gasteiger partial charge in [0, 0.05) is 12.6 Å². The summed E-state index contributed by atoms with van der Waals surface area (Å²) in [5.74, 6) is -3.39. The van der Waals surface area contributed by atoms with Gasteiger partial charge < -0.3 is 5.32 Å². The number of H-pyrrole nitrogens is 1. The fourth-order valence-electron chi connectivity index (χ4n) is 1.16. The minimum atomic E-state index is -5.16. The molecule has 0 bridgehead atoms. The molecule has 0 radical (unpaired) electrons. The van der Waals surface area contributed by atoms with Crippen molar-refractivity contribution in [3.05, 3.63) is 11.8 Å². The molecule has 6 nitrogen and oxygen atoms in total. The highest BCUT2D eigenvalue weighted by atomic mass is 19.4. The monoisotopic (exact) mass is 331 g/mol. The molecular weight excluding hydrogens is 320 g/mol. The van der Waals surface area contributed by atoms with Crippen LogP contribution < -0.4 is 10.6 Å². The van der Waals surface area contributed by atoms with Gasteiger partial charge in [-0.05, 0) is 6.42 Å². The topological polar surface area (TPSA) is 82.2 Å². The molecule has 0 fully saturated rings. The highest BCUT2D eigenvalue weighted by Gasteiger charge is 2.39. The van der Waals surface area contributed by atoms with Gasteiger partial charge in [0.2, 0.25) is 5.96 Å². The number of nitrogens with zero attached hydrogens (tertiary/aromatic N) is 2. The van der Waals surface area contributed by atoms with Crippen LogP contribution in [0.1, 0.15) is 19.0 Å². The van der Waals surface area contributed by atoms with Crippen LogP contribution in [-0.2, 0) is 11.0 Å². The predicted octanol–water partition coefficient (Wildman–Crippen LogP) is 2.28. The Labute approximate surface area is 120 Å². The molecule has 0 unspecified atom stereocenters. The van der Waals surface area contributed by atoms with Crippen molar-refractivity contribution >= 4 is 17.7 Å². The Balaban J connectivity index is 2.86. The lowest BCUT2D eigenvalue weighted by Gasteiger charge is -2.11. The van der Waals surface area contributed by atoms with Crippen molar-refractivity contribution < 1.29 is 31.1 Å². The normalized spacial score (nSPS) is 13.1. The number of alkyl halides is 6. The van der Waals surface area contributed by atoms with Gasteiger partial charge in [0.15, 0.2) is 5.82 Å². The minimum absolute atomic E-state index is 0.0526. The lowest BCUT2D eigenvalue weighted by Crippen LogP contribution is -2.43. The van der Waals surface area contributed by atoms with Gasteiger partial charge >= 0.3 is 18.3 Å². The van der Waals surface area contributed by atoms with E-state index >= 15 is 0 Å². The van der Waals surface area contributed by atoms with E-state index in [0.29, 0.717) is 12.5 Å². The first kappa shape index (κ1) is 17.8. The zero-order valence-corrected chi connectivity index (χ0v) is 11.1. The van der Waals surface area contributed by atoms with Gasteiger partial charge in [0.1, 0.15) is 5.69 Å². The summed E-state index contributed by atoms with van der Waals surface area (Å²) in [5, 5.41) is 8.41. The Hall–Kier alpha value is -2.27. The number of carbonyl (C=O) groups excluding carboxylic acids is 1. The summed E-state index contributed by atoms with van der Waals surface area (Å²) >= 11 is 0. The lowest BCUT2D eigenvalue weighted by molar-refractivity contribution is -0.171. The lowest BCUT2D eigenvalue weighted by atomic mass is 10.4. The average Bonchev–Trinajstić information content (AvgIpc) is 2.83. The van der Waals surface area contributed by atoms with Crippen molar-refractivity contribution in [3.63, 3.8) is 0 Å². The molecule has 0 atom stereocenters. The second-order valence-corrected chi connectivity index (χ2v) is 3.97. The molecule has 0 aromatic carbocycles. The zero-order chi connectivity index (χ0) is 17.0. The number of guanidine groups is 1. The molecule has 12 heteroatoms. The van der Waals surface area contributed by atoms with Gasteiger partial charge in [-0.15, -0.1) is 0 Å². The molecule has 1 aromatic rings. The number of aromatic nitrogens is 2. The number of aromatic amines is 1. The van der Waals surface area contributed by atoms with Crippen LogP contribution in [0.4, 0.5) is 32.2 Å². The van der Waals surface area contributed by atoms with Crippen LogP contribution in [0, 0.1) is 0 Å². The van der Waals surface area contributed by atoms with E-state index in [9.17, 15) is 31.1 Å². The summed E-state index contributed by atoms with van der Waals surface area (Å²) in [6, 6.07) is 0.529. The molecule has 1 amide bonds. The number of aliphatic imine (C=N–C) groups is 1. The summed E-state index contributed by atoms with van der Waals surface area (Å²) in [4.78, 5) is 14.4. The molecular formula is C10H11F6N5O. The second-order valence-electron chi connectivity index (χ2n) is 3.97. The first-order chi connectivity index (χ1) is 10.0. The number of nitrogens with one attached hydrogen (secondary N) is 3. The molecule has 0 saturated carbocycles. The number of rotatable bonds is 3. The maximum absolute atomic E-state index is 12.4. The van der Waals surface area contributed by atoms with Crippen LogP contribution in [0.15, 0.2) is 11.1 Å². The quantitative estimate of drug-likeness (QED) is 0.451. The molecule has 0 aliphatic rings. The predicted molar refractivity (Wildman–Crippen MR) is 64.0 cm³/mol. The standard InChI is InChI=1S/C10H11F6N5O/c1-2-3-17-8(19-7(22)10(14,15)16)18-6-4-5(20-21-6)9(11,12)13/h4H,2-3H2,1H3,(H3,17,18,19,20,21,22). The smallest absolute Gasteiger partial charge is 0.309 e. The summed E-state index contributed by atoms with van der Waals surface area (Å²) in [5.41, 5.74) is -1.20. The Morgan fingerprint density at radius 3 is 2.41 bits per heavy atom. The maximum Gasteiger partial charge on any atom is 0.471 e. The van der Waals surface area contributed by atoms with E-state index < -0.39 is 35.7 Å². The Morgan fingerprint density at radius 2 is 1.95 bits per heavy atom. The van der Waals surface area contributed by atoms with Crippen molar-refractivity contribution in [3.8, 4) is 0 Å². The van der Waals surface area contributed by atoms with Gasteiger partial charge in [0.25, 0.3) is 0 Å². The molecule has 1 rings (SSSR count). The molecule has 0 aliphatic carbocycles. The van der Waals surface area contributed by atoms with Crippen LogP contribution in [0.25, 0.3) is 0 Å². The van der Waals surface area contributed by atoms with Gasteiger partial charge in [-0.25, -0.2) is 0 Å². The summed E-state index contributed by atoms with van der Waals surface area (Å²) in [6.45, 7) is 1.72. The van der Waals surface area contributed by atoms with Gasteiger partial charge in [-0.3, -0.25) is 20.2 Å². The first-order valence-electron chi connectivity index (χ1n) is 5.86. The van der Waals surface area contributed by atoms with Crippen LogP contribution in [0.2, 0.25) is 0 Å². The minimum Gasteiger partial charge on any atom is -0.309 e. The molecule has 124 valence electrons. The number of carbonyl (C=O) groups is 1. The average molecular weight is 331 g/mol. The molecule has 1 aromatic heterocycles. The fourth-order valence-corrected chi connectivity index (χ4v) is 1.16. The van der Waals surface area contributed by atoms with E-state index in [4.69, 9.17) is 0 Å². The van der Waals surface area contributed by atoms with Crippen molar-refractivity contribution in [2.24, 2.45) is 4.99 Å². The van der Waals surface area contributed by atoms with Crippen LogP contribution in [-0.4, -0.2) is 34.8 Å². The Morgan fingerprint density at radius 1 is 1.32 bits per heavy atom. The Kier molecular flexibility index (Phi) is 5.38. The van der Waals surface area contributed by atoms with Crippen molar-refractivity contribution in [1.29, 1.82) is 0 Å². The third kappa shape index (κ3) is 5.26. The molecule has 0 saturated heterocycles. The molecule has 0 aliphatic heterocycles. The summed E-state index contributed by atoms with van der Waals surface area (Å²) in [6.07, 6.45) is -9.40. The molecule has 1 heterocycles. The third-order valence-corrected chi connectivity index (χ3v) is 2.11. The van der Waals surface area contributed by atoms with Crippen molar-refractivity contribution in [2.75, 3.05) is 11.9 Å². The highest BCUT2D eigenvalue weighted by molar-refractivity contribution is 6.05. The van der Waals surface area contributed by atoms with E-state index in [0.717, 1.165) is 0 Å². The van der Waals surface area contributed by atoms with Crippen LogP contribution >= 0.6 is 0 Å². The fraction of sp³-hybridized carbons (Fsp3) is 0.500. The van der Waals surface area contributed by atoms with E-state index in [1.165, 1.54) is 5.32 Å².